The summed E-state index contributed by atoms with van der Waals surface area (Å²) in [5.41, 5.74) is 4.13. The van der Waals surface area contributed by atoms with Crippen LogP contribution in [0.25, 0.3) is 0 Å². The summed E-state index contributed by atoms with van der Waals surface area (Å²) in [6.45, 7) is 20.2. The first-order valence-corrected chi connectivity index (χ1v) is 7.69. The van der Waals surface area contributed by atoms with Crippen molar-refractivity contribution in [1.82, 2.24) is 0 Å². The van der Waals surface area contributed by atoms with Crippen LogP contribution in [0, 0.1) is 0 Å². The van der Waals surface area contributed by atoms with Gasteiger partial charge in [-0.15, -0.1) is 0 Å². The van der Waals surface area contributed by atoms with Crippen molar-refractivity contribution >= 4 is 0 Å². The van der Waals surface area contributed by atoms with Crippen molar-refractivity contribution in [3.05, 3.63) is 28.8 Å². The molecule has 114 valence electrons. The Balaban J connectivity index is 3.82. The van der Waals surface area contributed by atoms with Gasteiger partial charge >= 0.3 is 0 Å². The first-order valence-electron chi connectivity index (χ1n) is 7.69. The predicted molar refractivity (Wildman–Crippen MR) is 88.8 cm³/mol. The van der Waals surface area contributed by atoms with E-state index in [0.29, 0.717) is 5.75 Å². The summed E-state index contributed by atoms with van der Waals surface area (Å²) in [6.07, 6.45) is 1.09. The average Bonchev–Trinajstić information content (AvgIpc) is 2.25. The Kier molecular flexibility index (Phi) is 4.35. The van der Waals surface area contributed by atoms with Crippen LogP contribution in [0.3, 0.4) is 0 Å². The standard InChI is InChI=1S/C19H32O/c1-10-19(8,9)16-14(17(2,3)4)11-13(20)12-15(16)18(5,6)7/h11-12,20H,10H2,1-9H3. The van der Waals surface area contributed by atoms with E-state index in [1.165, 1.54) is 16.7 Å². The summed E-state index contributed by atoms with van der Waals surface area (Å²) < 4.78 is 0. The van der Waals surface area contributed by atoms with Gasteiger partial charge in [0.15, 0.2) is 0 Å². The largest absolute Gasteiger partial charge is 0.508 e. The van der Waals surface area contributed by atoms with Crippen molar-refractivity contribution < 1.29 is 5.11 Å². The molecule has 1 rings (SSSR count). The maximum Gasteiger partial charge on any atom is 0.116 e. The van der Waals surface area contributed by atoms with Crippen LogP contribution in [0.1, 0.15) is 85.4 Å². The van der Waals surface area contributed by atoms with Gasteiger partial charge in [-0.2, -0.15) is 0 Å². The van der Waals surface area contributed by atoms with E-state index in [9.17, 15) is 5.11 Å². The highest BCUT2D eigenvalue weighted by Crippen LogP contribution is 2.43. The Labute approximate surface area is 125 Å². The summed E-state index contributed by atoms with van der Waals surface area (Å²) in [7, 11) is 0. The summed E-state index contributed by atoms with van der Waals surface area (Å²) >= 11 is 0. The van der Waals surface area contributed by atoms with Crippen LogP contribution in [-0.4, -0.2) is 5.11 Å². The molecule has 20 heavy (non-hydrogen) atoms. The van der Waals surface area contributed by atoms with Crippen LogP contribution in [0.5, 0.6) is 5.75 Å². The molecule has 0 fully saturated rings. The zero-order valence-electron chi connectivity index (χ0n) is 14.8. The fourth-order valence-electron chi connectivity index (χ4n) is 2.72. The zero-order chi connectivity index (χ0) is 15.9. The first kappa shape index (κ1) is 17.1. The quantitative estimate of drug-likeness (QED) is 0.737. The van der Waals surface area contributed by atoms with Gasteiger partial charge in [-0.3, -0.25) is 0 Å². The molecule has 0 aromatic heterocycles. The zero-order valence-corrected chi connectivity index (χ0v) is 14.8. The van der Waals surface area contributed by atoms with Gasteiger partial charge in [0.1, 0.15) is 5.75 Å². The topological polar surface area (TPSA) is 20.2 Å². The maximum atomic E-state index is 10.2. The van der Waals surface area contributed by atoms with Gasteiger partial charge in [0.2, 0.25) is 0 Å². The molecular formula is C19H32O. The monoisotopic (exact) mass is 276 g/mol. The van der Waals surface area contributed by atoms with Gasteiger partial charge < -0.3 is 5.11 Å². The SMILES string of the molecule is CCC(C)(C)c1c(C(C)(C)C)cc(O)cc1C(C)(C)C. The Morgan fingerprint density at radius 3 is 1.40 bits per heavy atom. The van der Waals surface area contributed by atoms with Crippen molar-refractivity contribution in [2.75, 3.05) is 0 Å². The van der Waals surface area contributed by atoms with Crippen molar-refractivity contribution in [2.24, 2.45) is 0 Å². The van der Waals surface area contributed by atoms with Gasteiger partial charge in [0.25, 0.3) is 0 Å². The minimum atomic E-state index is 0.0283. The Morgan fingerprint density at radius 1 is 0.800 bits per heavy atom. The first-order chi connectivity index (χ1) is 8.80. The second-order valence-electron chi connectivity index (χ2n) is 8.65. The van der Waals surface area contributed by atoms with Crippen LogP contribution in [0.2, 0.25) is 0 Å². The van der Waals surface area contributed by atoms with Gasteiger partial charge in [-0.05, 0) is 51.5 Å². The molecule has 0 saturated carbocycles. The highest BCUT2D eigenvalue weighted by Gasteiger charge is 2.33. The van der Waals surface area contributed by atoms with Crippen LogP contribution in [0.4, 0.5) is 0 Å². The van der Waals surface area contributed by atoms with Crippen LogP contribution in [-0.2, 0) is 16.2 Å². The van der Waals surface area contributed by atoms with E-state index in [1.807, 2.05) is 12.1 Å². The lowest BCUT2D eigenvalue weighted by molar-refractivity contribution is 0.439. The molecule has 1 N–H and O–H groups in total. The third-order valence-corrected chi connectivity index (χ3v) is 4.30. The fraction of sp³-hybridized carbons (Fsp3) is 0.684. The predicted octanol–water partition coefficient (Wildman–Crippen LogP) is 5.67. The van der Waals surface area contributed by atoms with E-state index < -0.39 is 0 Å². The molecule has 0 radical (unpaired) electrons. The smallest absolute Gasteiger partial charge is 0.116 e. The maximum absolute atomic E-state index is 10.2. The lowest BCUT2D eigenvalue weighted by Crippen LogP contribution is -2.29. The van der Waals surface area contributed by atoms with Gasteiger partial charge in [0.05, 0.1) is 0 Å². The molecule has 0 heterocycles. The van der Waals surface area contributed by atoms with E-state index in [4.69, 9.17) is 0 Å². The third-order valence-electron chi connectivity index (χ3n) is 4.30. The number of phenols is 1. The minimum Gasteiger partial charge on any atom is -0.508 e. The highest BCUT2D eigenvalue weighted by molar-refractivity contribution is 5.51. The van der Waals surface area contributed by atoms with E-state index in [2.05, 4.69) is 62.3 Å². The summed E-state index contributed by atoms with van der Waals surface area (Å²) in [4.78, 5) is 0. The van der Waals surface area contributed by atoms with Crippen molar-refractivity contribution in [1.29, 1.82) is 0 Å². The number of rotatable bonds is 2. The lowest BCUT2D eigenvalue weighted by Gasteiger charge is -2.38. The molecule has 0 aliphatic heterocycles. The Morgan fingerprint density at radius 2 is 1.15 bits per heavy atom. The van der Waals surface area contributed by atoms with Crippen molar-refractivity contribution in [3.8, 4) is 5.75 Å². The average molecular weight is 276 g/mol. The summed E-state index contributed by atoms with van der Waals surface area (Å²) in [5, 5.41) is 10.2. The summed E-state index contributed by atoms with van der Waals surface area (Å²) in [6, 6.07) is 3.92. The Hall–Kier alpha value is -0.980. The molecule has 0 bridgehead atoms. The number of phenolic OH excluding ortho intramolecular Hbond substituents is 1. The molecule has 0 saturated heterocycles. The molecule has 1 heteroatoms. The van der Waals surface area contributed by atoms with Crippen LogP contribution >= 0.6 is 0 Å². The molecule has 0 spiro atoms. The lowest BCUT2D eigenvalue weighted by atomic mass is 9.67. The van der Waals surface area contributed by atoms with Crippen LogP contribution < -0.4 is 0 Å². The minimum absolute atomic E-state index is 0.0283. The molecule has 0 atom stereocenters. The second kappa shape index (κ2) is 5.09. The van der Waals surface area contributed by atoms with E-state index >= 15 is 0 Å². The van der Waals surface area contributed by atoms with Crippen molar-refractivity contribution in [3.63, 3.8) is 0 Å². The molecule has 0 aliphatic rings. The highest BCUT2D eigenvalue weighted by atomic mass is 16.3. The number of hydrogen-bond acceptors (Lipinski definition) is 1. The van der Waals surface area contributed by atoms with Crippen LogP contribution in [0.15, 0.2) is 12.1 Å². The van der Waals surface area contributed by atoms with Gasteiger partial charge in [-0.25, -0.2) is 0 Å². The molecule has 0 aliphatic carbocycles. The fourth-order valence-corrected chi connectivity index (χ4v) is 2.72. The normalized spacial score (nSPS) is 13.7. The molecule has 1 nitrogen and oxygen atoms in total. The third kappa shape index (κ3) is 3.37. The molecular weight excluding hydrogens is 244 g/mol. The molecule has 1 aromatic carbocycles. The molecule has 0 amide bonds. The summed E-state index contributed by atoms with van der Waals surface area (Å²) in [5.74, 6) is 0.385. The molecule has 0 unspecified atom stereocenters. The number of benzene rings is 1. The number of aromatic hydroxyl groups is 1. The number of hydrogen-bond donors (Lipinski definition) is 1. The van der Waals surface area contributed by atoms with E-state index in [1.54, 1.807) is 0 Å². The van der Waals surface area contributed by atoms with Crippen molar-refractivity contribution in [2.45, 2.75) is 85.0 Å². The van der Waals surface area contributed by atoms with Gasteiger partial charge in [-0.1, -0.05) is 62.3 Å². The van der Waals surface area contributed by atoms with E-state index in [-0.39, 0.29) is 16.2 Å². The second-order valence-corrected chi connectivity index (χ2v) is 8.65. The molecule has 1 aromatic rings. The van der Waals surface area contributed by atoms with E-state index in [0.717, 1.165) is 6.42 Å². The van der Waals surface area contributed by atoms with Gasteiger partial charge in [0, 0.05) is 0 Å². The Bertz CT molecular complexity index is 446.